The molecule has 0 saturated carbocycles. The van der Waals surface area contributed by atoms with Gasteiger partial charge in [-0.25, -0.2) is 0 Å². The second-order valence-electron chi connectivity index (χ2n) is 4.39. The number of halogens is 1. The maximum Gasteiger partial charge on any atom is 0.120 e. The fourth-order valence-electron chi connectivity index (χ4n) is 1.88. The van der Waals surface area contributed by atoms with Gasteiger partial charge in [0.05, 0.1) is 23.0 Å². The van der Waals surface area contributed by atoms with E-state index < -0.39 is 0 Å². The molecule has 2 rings (SSSR count). The van der Waals surface area contributed by atoms with E-state index in [1.165, 1.54) is 0 Å². The van der Waals surface area contributed by atoms with Crippen LogP contribution in [0.2, 0.25) is 5.02 Å². The van der Waals surface area contributed by atoms with Gasteiger partial charge in [0.25, 0.3) is 0 Å². The SMILES string of the molecule is CCOc1ccc(N)c(SCc2c(Cl)c(C)nn2C)c1. The van der Waals surface area contributed by atoms with Gasteiger partial charge in [0.2, 0.25) is 0 Å². The number of ether oxygens (including phenoxy) is 1. The lowest BCUT2D eigenvalue weighted by molar-refractivity contribution is 0.339. The summed E-state index contributed by atoms with van der Waals surface area (Å²) >= 11 is 7.88. The summed E-state index contributed by atoms with van der Waals surface area (Å²) in [5.74, 6) is 1.55. The van der Waals surface area contributed by atoms with Crippen molar-refractivity contribution in [3.8, 4) is 5.75 Å². The Labute approximate surface area is 128 Å². The van der Waals surface area contributed by atoms with Gasteiger partial charge >= 0.3 is 0 Å². The zero-order chi connectivity index (χ0) is 14.7. The number of nitrogen functional groups attached to an aromatic ring is 1. The summed E-state index contributed by atoms with van der Waals surface area (Å²) in [7, 11) is 1.90. The first-order chi connectivity index (χ1) is 9.52. The van der Waals surface area contributed by atoms with E-state index in [9.17, 15) is 0 Å². The second kappa shape index (κ2) is 6.41. The van der Waals surface area contributed by atoms with E-state index >= 15 is 0 Å². The quantitative estimate of drug-likeness (QED) is 0.676. The van der Waals surface area contributed by atoms with E-state index in [0.29, 0.717) is 6.61 Å². The van der Waals surface area contributed by atoms with E-state index in [2.05, 4.69) is 5.10 Å². The molecule has 0 aliphatic rings. The lowest BCUT2D eigenvalue weighted by Gasteiger charge is -2.09. The summed E-state index contributed by atoms with van der Waals surface area (Å²) in [4.78, 5) is 0.992. The molecule has 0 aliphatic heterocycles. The van der Waals surface area contributed by atoms with Gasteiger partial charge in [0, 0.05) is 23.4 Å². The molecule has 1 aromatic heterocycles. The van der Waals surface area contributed by atoms with Crippen molar-refractivity contribution in [1.29, 1.82) is 0 Å². The minimum Gasteiger partial charge on any atom is -0.494 e. The van der Waals surface area contributed by atoms with Crippen molar-refractivity contribution in [1.82, 2.24) is 9.78 Å². The number of rotatable bonds is 5. The van der Waals surface area contributed by atoms with E-state index in [4.69, 9.17) is 22.1 Å². The zero-order valence-electron chi connectivity index (χ0n) is 11.8. The number of nitrogens with two attached hydrogens (primary N) is 1. The molecule has 0 aliphatic carbocycles. The van der Waals surface area contributed by atoms with E-state index in [0.717, 1.165) is 38.5 Å². The number of aromatic nitrogens is 2. The summed E-state index contributed by atoms with van der Waals surface area (Å²) in [5.41, 5.74) is 8.59. The fourth-order valence-corrected chi connectivity index (χ4v) is 3.24. The van der Waals surface area contributed by atoms with E-state index in [1.807, 2.05) is 43.8 Å². The number of nitrogens with zero attached hydrogens (tertiary/aromatic N) is 2. The lowest BCUT2D eigenvalue weighted by atomic mass is 10.3. The van der Waals surface area contributed by atoms with Crippen molar-refractivity contribution in [2.24, 2.45) is 7.05 Å². The standard InChI is InChI=1S/C14H18ClN3OS/c1-4-19-10-5-6-11(16)13(7-10)20-8-12-14(15)9(2)17-18(12)3/h5-7H,4,8,16H2,1-3H3. The number of anilines is 1. The third kappa shape index (κ3) is 3.22. The van der Waals surface area contributed by atoms with Crippen LogP contribution in [0.25, 0.3) is 0 Å². The summed E-state index contributed by atoms with van der Waals surface area (Å²) in [6.07, 6.45) is 0. The van der Waals surface area contributed by atoms with Crippen molar-refractivity contribution in [2.45, 2.75) is 24.5 Å². The highest BCUT2D eigenvalue weighted by atomic mass is 35.5. The molecule has 0 spiro atoms. The maximum absolute atomic E-state index is 6.25. The highest BCUT2D eigenvalue weighted by Crippen LogP contribution is 2.33. The monoisotopic (exact) mass is 311 g/mol. The van der Waals surface area contributed by atoms with Crippen molar-refractivity contribution in [2.75, 3.05) is 12.3 Å². The molecular weight excluding hydrogens is 294 g/mol. The maximum atomic E-state index is 6.25. The first kappa shape index (κ1) is 15.1. The van der Waals surface area contributed by atoms with E-state index in [-0.39, 0.29) is 0 Å². The molecule has 108 valence electrons. The Bertz CT molecular complexity index is 613. The fraction of sp³-hybridized carbons (Fsp3) is 0.357. The average Bonchev–Trinajstić information content (AvgIpc) is 2.65. The van der Waals surface area contributed by atoms with Crippen LogP contribution in [0.15, 0.2) is 23.1 Å². The molecule has 0 bridgehead atoms. The molecule has 0 radical (unpaired) electrons. The van der Waals surface area contributed by atoms with Gasteiger partial charge in [0.15, 0.2) is 0 Å². The minimum atomic E-state index is 0.640. The molecule has 0 saturated heterocycles. The normalized spacial score (nSPS) is 10.8. The molecule has 1 aromatic carbocycles. The van der Waals surface area contributed by atoms with Gasteiger partial charge < -0.3 is 10.5 Å². The van der Waals surface area contributed by atoms with Crippen LogP contribution < -0.4 is 10.5 Å². The number of hydrogen-bond donors (Lipinski definition) is 1. The number of thioether (sulfide) groups is 1. The topological polar surface area (TPSA) is 53.1 Å². The largest absolute Gasteiger partial charge is 0.494 e. The Morgan fingerprint density at radius 2 is 2.20 bits per heavy atom. The zero-order valence-corrected chi connectivity index (χ0v) is 13.4. The van der Waals surface area contributed by atoms with E-state index in [1.54, 1.807) is 11.8 Å². The summed E-state index contributed by atoms with van der Waals surface area (Å²) in [5, 5.41) is 5.03. The molecular formula is C14H18ClN3OS. The Morgan fingerprint density at radius 3 is 2.80 bits per heavy atom. The highest BCUT2D eigenvalue weighted by Gasteiger charge is 2.12. The van der Waals surface area contributed by atoms with Gasteiger partial charge in [-0.3, -0.25) is 4.68 Å². The molecule has 0 unspecified atom stereocenters. The van der Waals surface area contributed by atoms with Crippen molar-refractivity contribution < 1.29 is 4.74 Å². The smallest absolute Gasteiger partial charge is 0.120 e. The third-order valence-electron chi connectivity index (χ3n) is 2.92. The van der Waals surface area contributed by atoms with Crippen LogP contribution in [0.4, 0.5) is 5.69 Å². The predicted octanol–water partition coefficient (Wildman–Crippen LogP) is 3.66. The van der Waals surface area contributed by atoms with Crippen molar-refractivity contribution >= 4 is 29.1 Å². The van der Waals surface area contributed by atoms with Gasteiger partial charge in [0.1, 0.15) is 5.75 Å². The van der Waals surface area contributed by atoms with Gasteiger partial charge in [-0.15, -0.1) is 11.8 Å². The van der Waals surface area contributed by atoms with Gasteiger partial charge in [-0.1, -0.05) is 11.6 Å². The molecule has 2 N–H and O–H groups in total. The molecule has 6 heteroatoms. The Hall–Kier alpha value is -1.33. The number of aryl methyl sites for hydroxylation is 2. The third-order valence-corrected chi connectivity index (χ3v) is 4.50. The van der Waals surface area contributed by atoms with Crippen molar-refractivity contribution in [3.63, 3.8) is 0 Å². The first-order valence-corrected chi connectivity index (χ1v) is 7.72. The molecule has 1 heterocycles. The van der Waals surface area contributed by atoms with Crippen LogP contribution in [-0.4, -0.2) is 16.4 Å². The Morgan fingerprint density at radius 1 is 1.45 bits per heavy atom. The number of hydrogen-bond acceptors (Lipinski definition) is 4. The summed E-state index contributed by atoms with van der Waals surface area (Å²) < 4.78 is 7.31. The van der Waals surface area contributed by atoms with Crippen LogP contribution in [0.5, 0.6) is 5.75 Å². The van der Waals surface area contributed by atoms with Gasteiger partial charge in [-0.05, 0) is 32.0 Å². The first-order valence-electron chi connectivity index (χ1n) is 6.36. The van der Waals surface area contributed by atoms with Crippen LogP contribution in [0, 0.1) is 6.92 Å². The second-order valence-corrected chi connectivity index (χ2v) is 5.79. The highest BCUT2D eigenvalue weighted by molar-refractivity contribution is 7.98. The van der Waals surface area contributed by atoms with Crippen LogP contribution >= 0.6 is 23.4 Å². The Kier molecular flexibility index (Phi) is 4.83. The van der Waals surface area contributed by atoms with Gasteiger partial charge in [-0.2, -0.15) is 5.10 Å². The average molecular weight is 312 g/mol. The van der Waals surface area contributed by atoms with Crippen LogP contribution in [0.3, 0.4) is 0 Å². The predicted molar refractivity (Wildman–Crippen MR) is 84.5 cm³/mol. The molecule has 0 amide bonds. The Balaban J connectivity index is 2.16. The molecule has 4 nitrogen and oxygen atoms in total. The lowest BCUT2D eigenvalue weighted by Crippen LogP contribution is -1.98. The molecule has 20 heavy (non-hydrogen) atoms. The molecule has 0 fully saturated rings. The molecule has 2 aromatic rings. The minimum absolute atomic E-state index is 0.640. The van der Waals surface area contributed by atoms with Crippen LogP contribution in [-0.2, 0) is 12.8 Å². The van der Waals surface area contributed by atoms with Crippen molar-refractivity contribution in [3.05, 3.63) is 34.6 Å². The summed E-state index contributed by atoms with van der Waals surface area (Å²) in [6, 6.07) is 5.70. The van der Waals surface area contributed by atoms with Crippen LogP contribution in [0.1, 0.15) is 18.3 Å². The number of benzene rings is 1. The summed E-state index contributed by atoms with van der Waals surface area (Å²) in [6.45, 7) is 4.50. The molecule has 0 atom stereocenters.